The lowest BCUT2D eigenvalue weighted by atomic mass is 10.0. The van der Waals surface area contributed by atoms with Crippen molar-refractivity contribution in [2.75, 3.05) is 5.32 Å². The van der Waals surface area contributed by atoms with Crippen molar-refractivity contribution in [1.82, 2.24) is 0 Å². The largest absolute Gasteiger partial charge is 0.481 e. The third kappa shape index (κ3) is 3.57. The molecule has 2 unspecified atom stereocenters. The SMILES string of the molecule is NC1CCCC1C(=O)Nc1ccccc1CCC(=O)O. The van der Waals surface area contributed by atoms with E-state index in [9.17, 15) is 9.59 Å². The molecule has 1 aliphatic carbocycles. The molecule has 108 valence electrons. The van der Waals surface area contributed by atoms with Crippen LogP contribution in [0.2, 0.25) is 0 Å². The van der Waals surface area contributed by atoms with Gasteiger partial charge in [0.25, 0.3) is 0 Å². The number of hydrogen-bond donors (Lipinski definition) is 3. The monoisotopic (exact) mass is 276 g/mol. The van der Waals surface area contributed by atoms with Gasteiger partial charge in [-0.3, -0.25) is 9.59 Å². The average molecular weight is 276 g/mol. The van der Waals surface area contributed by atoms with Crippen LogP contribution in [0.15, 0.2) is 24.3 Å². The number of rotatable bonds is 5. The number of carbonyl (C=O) groups is 2. The number of benzene rings is 1. The van der Waals surface area contributed by atoms with Gasteiger partial charge in [0.2, 0.25) is 5.91 Å². The van der Waals surface area contributed by atoms with Crippen molar-refractivity contribution in [2.45, 2.75) is 38.1 Å². The first-order chi connectivity index (χ1) is 9.58. The van der Waals surface area contributed by atoms with Gasteiger partial charge in [0.1, 0.15) is 0 Å². The van der Waals surface area contributed by atoms with Crippen molar-refractivity contribution < 1.29 is 14.7 Å². The summed E-state index contributed by atoms with van der Waals surface area (Å²) in [5.41, 5.74) is 7.47. The lowest BCUT2D eigenvalue weighted by molar-refractivity contribution is -0.137. The van der Waals surface area contributed by atoms with Gasteiger partial charge in [-0.05, 0) is 30.9 Å². The number of aryl methyl sites for hydroxylation is 1. The third-order valence-electron chi connectivity index (χ3n) is 3.79. The zero-order valence-electron chi connectivity index (χ0n) is 11.3. The number of amides is 1. The highest BCUT2D eigenvalue weighted by Gasteiger charge is 2.30. The summed E-state index contributed by atoms with van der Waals surface area (Å²) in [5, 5.41) is 11.6. The maximum atomic E-state index is 12.2. The minimum atomic E-state index is -0.844. The van der Waals surface area contributed by atoms with Gasteiger partial charge in [-0.2, -0.15) is 0 Å². The highest BCUT2D eigenvalue weighted by molar-refractivity contribution is 5.94. The molecule has 1 aliphatic rings. The fourth-order valence-corrected chi connectivity index (χ4v) is 2.64. The molecule has 0 spiro atoms. The Morgan fingerprint density at radius 1 is 1.30 bits per heavy atom. The summed E-state index contributed by atoms with van der Waals surface area (Å²) in [7, 11) is 0. The van der Waals surface area contributed by atoms with Gasteiger partial charge in [0.05, 0.1) is 5.92 Å². The Balaban J connectivity index is 2.04. The van der Waals surface area contributed by atoms with Crippen LogP contribution in [0.3, 0.4) is 0 Å². The van der Waals surface area contributed by atoms with Gasteiger partial charge >= 0.3 is 5.97 Å². The van der Waals surface area contributed by atoms with E-state index in [4.69, 9.17) is 10.8 Å². The number of aliphatic carboxylic acids is 1. The second-order valence-electron chi connectivity index (χ2n) is 5.24. The fraction of sp³-hybridized carbons (Fsp3) is 0.467. The van der Waals surface area contributed by atoms with E-state index in [2.05, 4.69) is 5.32 Å². The molecular formula is C15H20N2O3. The molecule has 0 radical (unpaired) electrons. The average Bonchev–Trinajstić information content (AvgIpc) is 2.84. The second kappa shape index (κ2) is 6.52. The summed E-state index contributed by atoms with van der Waals surface area (Å²) in [6.07, 6.45) is 3.15. The Hall–Kier alpha value is -1.88. The van der Waals surface area contributed by atoms with Crippen LogP contribution < -0.4 is 11.1 Å². The maximum Gasteiger partial charge on any atom is 0.303 e. The van der Waals surface area contributed by atoms with E-state index in [1.807, 2.05) is 18.2 Å². The molecule has 0 saturated heterocycles. The molecule has 1 saturated carbocycles. The van der Waals surface area contributed by atoms with Crippen LogP contribution in [0.1, 0.15) is 31.2 Å². The Bertz CT molecular complexity index is 502. The Morgan fingerprint density at radius 2 is 2.05 bits per heavy atom. The predicted molar refractivity (Wildman–Crippen MR) is 76.3 cm³/mol. The quantitative estimate of drug-likeness (QED) is 0.764. The maximum absolute atomic E-state index is 12.2. The molecule has 1 aromatic carbocycles. The second-order valence-corrected chi connectivity index (χ2v) is 5.24. The van der Waals surface area contributed by atoms with Crippen LogP contribution in [0.4, 0.5) is 5.69 Å². The van der Waals surface area contributed by atoms with Crippen LogP contribution in [-0.2, 0) is 16.0 Å². The lowest BCUT2D eigenvalue weighted by Crippen LogP contribution is -2.34. The van der Waals surface area contributed by atoms with Crippen molar-refractivity contribution in [3.63, 3.8) is 0 Å². The van der Waals surface area contributed by atoms with Crippen LogP contribution >= 0.6 is 0 Å². The molecule has 1 fully saturated rings. The molecule has 0 aliphatic heterocycles. The number of nitrogens with two attached hydrogens (primary N) is 1. The number of carbonyl (C=O) groups excluding carboxylic acids is 1. The van der Waals surface area contributed by atoms with Gasteiger partial charge in [-0.1, -0.05) is 24.6 Å². The zero-order valence-corrected chi connectivity index (χ0v) is 11.3. The van der Waals surface area contributed by atoms with Crippen LogP contribution in [-0.4, -0.2) is 23.0 Å². The Kier molecular flexibility index (Phi) is 4.74. The molecule has 1 amide bonds. The molecule has 0 bridgehead atoms. The molecule has 1 aromatic rings. The van der Waals surface area contributed by atoms with Crippen molar-refractivity contribution in [3.05, 3.63) is 29.8 Å². The predicted octanol–water partition coefficient (Wildman–Crippen LogP) is 1.77. The summed E-state index contributed by atoms with van der Waals surface area (Å²) in [5.74, 6) is -1.04. The molecule has 5 heteroatoms. The summed E-state index contributed by atoms with van der Waals surface area (Å²) in [6, 6.07) is 7.24. The third-order valence-corrected chi connectivity index (χ3v) is 3.79. The number of anilines is 1. The highest BCUT2D eigenvalue weighted by atomic mass is 16.4. The van der Waals surface area contributed by atoms with Crippen molar-refractivity contribution in [2.24, 2.45) is 11.7 Å². The van der Waals surface area contributed by atoms with Gasteiger partial charge in [0, 0.05) is 18.2 Å². The van der Waals surface area contributed by atoms with Crippen LogP contribution in [0.5, 0.6) is 0 Å². The molecule has 5 nitrogen and oxygen atoms in total. The van der Waals surface area contributed by atoms with E-state index in [0.717, 1.165) is 24.8 Å². The standard InChI is InChI=1S/C15H20N2O3/c16-12-6-3-5-11(12)15(20)17-13-7-2-1-4-10(13)8-9-14(18)19/h1-2,4,7,11-12H,3,5-6,8-9,16H2,(H,17,20)(H,18,19). The lowest BCUT2D eigenvalue weighted by Gasteiger charge is -2.17. The Morgan fingerprint density at radius 3 is 2.70 bits per heavy atom. The Labute approximate surface area is 118 Å². The minimum Gasteiger partial charge on any atom is -0.481 e. The number of carboxylic acid groups (broad SMARTS) is 1. The summed E-state index contributed by atoms with van der Waals surface area (Å²) >= 11 is 0. The molecule has 4 N–H and O–H groups in total. The zero-order chi connectivity index (χ0) is 14.5. The smallest absolute Gasteiger partial charge is 0.303 e. The van der Waals surface area contributed by atoms with E-state index >= 15 is 0 Å². The van der Waals surface area contributed by atoms with Crippen molar-refractivity contribution >= 4 is 17.6 Å². The highest BCUT2D eigenvalue weighted by Crippen LogP contribution is 2.26. The van der Waals surface area contributed by atoms with E-state index in [-0.39, 0.29) is 24.3 Å². The van der Waals surface area contributed by atoms with Gasteiger partial charge in [-0.25, -0.2) is 0 Å². The van der Waals surface area contributed by atoms with Crippen molar-refractivity contribution in [3.8, 4) is 0 Å². The van der Waals surface area contributed by atoms with Crippen molar-refractivity contribution in [1.29, 1.82) is 0 Å². The summed E-state index contributed by atoms with van der Waals surface area (Å²) < 4.78 is 0. The van der Waals surface area contributed by atoms with E-state index in [0.29, 0.717) is 12.1 Å². The number of para-hydroxylation sites is 1. The number of nitrogens with one attached hydrogen (secondary N) is 1. The summed E-state index contributed by atoms with van der Waals surface area (Å²) in [6.45, 7) is 0. The minimum absolute atomic E-state index is 0.0514. The first-order valence-electron chi connectivity index (χ1n) is 6.94. The fourth-order valence-electron chi connectivity index (χ4n) is 2.64. The first kappa shape index (κ1) is 14.5. The molecular weight excluding hydrogens is 256 g/mol. The number of hydrogen-bond acceptors (Lipinski definition) is 3. The van der Waals surface area contributed by atoms with Crippen LogP contribution in [0.25, 0.3) is 0 Å². The van der Waals surface area contributed by atoms with E-state index < -0.39 is 5.97 Å². The molecule has 0 aromatic heterocycles. The molecule has 2 rings (SSSR count). The first-order valence-corrected chi connectivity index (χ1v) is 6.94. The van der Waals surface area contributed by atoms with E-state index in [1.165, 1.54) is 0 Å². The molecule has 0 heterocycles. The summed E-state index contributed by atoms with van der Waals surface area (Å²) in [4.78, 5) is 22.9. The normalized spacial score (nSPS) is 21.6. The van der Waals surface area contributed by atoms with Gasteiger partial charge in [-0.15, -0.1) is 0 Å². The van der Waals surface area contributed by atoms with E-state index in [1.54, 1.807) is 6.07 Å². The molecule has 20 heavy (non-hydrogen) atoms. The molecule has 2 atom stereocenters. The van der Waals surface area contributed by atoms with Gasteiger partial charge < -0.3 is 16.2 Å². The van der Waals surface area contributed by atoms with Crippen LogP contribution in [0, 0.1) is 5.92 Å². The topological polar surface area (TPSA) is 92.4 Å². The number of carboxylic acids is 1. The van der Waals surface area contributed by atoms with Gasteiger partial charge in [0.15, 0.2) is 0 Å².